The molecular weight excluding hydrogens is 373 g/mol. The van der Waals surface area contributed by atoms with Crippen molar-refractivity contribution in [1.82, 2.24) is 0 Å². The van der Waals surface area contributed by atoms with Crippen LogP contribution in [0.1, 0.15) is 0 Å². The molecular formula is C12H5Cl4NaO2S. The first-order valence-corrected chi connectivity index (χ1v) is 7.23. The average molecular weight is 378 g/mol. The summed E-state index contributed by atoms with van der Waals surface area (Å²) in [4.78, 5) is 0.554. The maximum absolute atomic E-state index is 11.8. The second-order valence-electron chi connectivity index (χ2n) is 3.55. The zero-order valence-corrected chi connectivity index (χ0v) is 15.9. The van der Waals surface area contributed by atoms with E-state index >= 15 is 0 Å². The summed E-state index contributed by atoms with van der Waals surface area (Å²) in [5.41, 5.74) is 0. The van der Waals surface area contributed by atoms with E-state index in [9.17, 15) is 10.2 Å². The number of aromatic hydroxyl groups is 1. The maximum Gasteiger partial charge on any atom is 1.00 e. The van der Waals surface area contributed by atoms with Gasteiger partial charge in [0.1, 0.15) is 5.75 Å². The molecule has 0 spiro atoms. The van der Waals surface area contributed by atoms with E-state index in [-0.39, 0.29) is 61.0 Å². The third-order valence-electron chi connectivity index (χ3n) is 2.17. The van der Waals surface area contributed by atoms with Gasteiger partial charge in [0, 0.05) is 14.9 Å². The Bertz CT molecular complexity index is 550. The Morgan fingerprint density at radius 2 is 1.35 bits per heavy atom. The molecule has 2 aromatic carbocycles. The summed E-state index contributed by atoms with van der Waals surface area (Å²) in [6.45, 7) is 0. The fourth-order valence-electron chi connectivity index (χ4n) is 1.39. The van der Waals surface area contributed by atoms with E-state index in [4.69, 9.17) is 46.4 Å². The average Bonchev–Trinajstić information content (AvgIpc) is 2.25. The van der Waals surface area contributed by atoms with Crippen LogP contribution in [-0.4, -0.2) is 5.11 Å². The van der Waals surface area contributed by atoms with Gasteiger partial charge in [0.15, 0.2) is 0 Å². The molecule has 0 aliphatic heterocycles. The molecule has 2 rings (SSSR count). The van der Waals surface area contributed by atoms with Gasteiger partial charge >= 0.3 is 29.6 Å². The van der Waals surface area contributed by atoms with Crippen LogP contribution in [0.4, 0.5) is 0 Å². The summed E-state index contributed by atoms with van der Waals surface area (Å²) < 4.78 is 0. The van der Waals surface area contributed by atoms with Crippen molar-refractivity contribution in [2.45, 2.75) is 9.79 Å². The van der Waals surface area contributed by atoms with Crippen LogP contribution in [0.3, 0.4) is 0 Å². The van der Waals surface area contributed by atoms with E-state index in [1.165, 1.54) is 24.3 Å². The fraction of sp³-hybridized carbons (Fsp3) is 0. The predicted molar refractivity (Wildman–Crippen MR) is 78.2 cm³/mol. The molecule has 0 unspecified atom stereocenters. The monoisotopic (exact) mass is 376 g/mol. The smallest absolute Gasteiger partial charge is 0.872 e. The summed E-state index contributed by atoms with van der Waals surface area (Å²) in [7, 11) is 0. The molecule has 0 aliphatic rings. The molecule has 2 nitrogen and oxygen atoms in total. The van der Waals surface area contributed by atoms with Gasteiger partial charge in [-0.1, -0.05) is 70.0 Å². The molecule has 2 aromatic rings. The molecule has 0 bridgehead atoms. The molecule has 20 heavy (non-hydrogen) atoms. The molecule has 0 fully saturated rings. The Labute approximate surface area is 162 Å². The van der Waals surface area contributed by atoms with Gasteiger partial charge in [0.05, 0.1) is 14.9 Å². The van der Waals surface area contributed by atoms with Crippen molar-refractivity contribution in [3.8, 4) is 11.5 Å². The largest absolute Gasteiger partial charge is 1.00 e. The second kappa shape index (κ2) is 7.70. The Morgan fingerprint density at radius 3 is 1.85 bits per heavy atom. The summed E-state index contributed by atoms with van der Waals surface area (Å²) in [5.74, 6) is -0.458. The van der Waals surface area contributed by atoms with Crippen molar-refractivity contribution >= 4 is 58.2 Å². The number of hydrogen-bond donors (Lipinski definition) is 1. The predicted octanol–water partition coefficient (Wildman–Crippen LogP) is 2.23. The molecule has 0 aliphatic carbocycles. The molecule has 0 radical (unpaired) electrons. The number of halogens is 4. The second-order valence-corrected chi connectivity index (χ2v) is 6.26. The van der Waals surface area contributed by atoms with E-state index in [1.807, 2.05) is 0 Å². The Balaban J connectivity index is 0.00000200. The minimum Gasteiger partial charge on any atom is -0.872 e. The summed E-state index contributed by atoms with van der Waals surface area (Å²) in [5, 5.41) is 22.6. The third kappa shape index (κ3) is 4.28. The molecule has 0 atom stereocenters. The summed E-state index contributed by atoms with van der Waals surface area (Å²) in [6, 6.07) is 5.51. The Morgan fingerprint density at radius 1 is 0.850 bits per heavy atom. The normalized spacial score (nSPS) is 10.2. The van der Waals surface area contributed by atoms with Crippen molar-refractivity contribution in [2.75, 3.05) is 0 Å². The van der Waals surface area contributed by atoms with Gasteiger partial charge in [-0.3, -0.25) is 0 Å². The molecule has 0 aromatic heterocycles. The van der Waals surface area contributed by atoms with Crippen molar-refractivity contribution in [3.05, 3.63) is 44.4 Å². The summed E-state index contributed by atoms with van der Waals surface area (Å²) >= 11 is 24.4. The van der Waals surface area contributed by atoms with Crippen molar-refractivity contribution in [1.29, 1.82) is 0 Å². The van der Waals surface area contributed by atoms with E-state index < -0.39 is 0 Å². The summed E-state index contributed by atoms with van der Waals surface area (Å²) in [6.07, 6.45) is 0. The van der Waals surface area contributed by atoms with E-state index in [2.05, 4.69) is 0 Å². The maximum atomic E-state index is 11.8. The molecule has 1 N–H and O–H groups in total. The third-order valence-corrected chi connectivity index (χ3v) is 4.68. The van der Waals surface area contributed by atoms with Crippen LogP contribution in [0.25, 0.3) is 0 Å². The quantitative estimate of drug-likeness (QED) is 0.816. The zero-order valence-electron chi connectivity index (χ0n) is 10.1. The van der Waals surface area contributed by atoms with Crippen LogP contribution >= 0.6 is 58.2 Å². The van der Waals surface area contributed by atoms with Crippen molar-refractivity contribution in [2.24, 2.45) is 0 Å². The van der Waals surface area contributed by atoms with Crippen LogP contribution < -0.4 is 34.7 Å². The van der Waals surface area contributed by atoms with Gasteiger partial charge in [-0.2, -0.15) is 0 Å². The van der Waals surface area contributed by atoms with Gasteiger partial charge in [-0.15, -0.1) is 0 Å². The number of benzene rings is 2. The van der Waals surface area contributed by atoms with Crippen LogP contribution in [-0.2, 0) is 0 Å². The van der Waals surface area contributed by atoms with Gasteiger partial charge in [-0.25, -0.2) is 0 Å². The zero-order chi connectivity index (χ0) is 14.2. The van der Waals surface area contributed by atoms with Crippen LogP contribution in [0.15, 0.2) is 34.1 Å². The number of hydrogen-bond acceptors (Lipinski definition) is 3. The van der Waals surface area contributed by atoms with Crippen molar-refractivity contribution < 1.29 is 39.8 Å². The van der Waals surface area contributed by atoms with E-state index in [0.29, 0.717) is 9.92 Å². The SMILES string of the molecule is [Na+].[O-]c1cc(Cl)cc(Cl)c1Sc1c(O)cc(Cl)cc1Cl. The standard InChI is InChI=1S/C12H6Cl4O2S.Na/c13-5-1-7(15)11(9(17)3-5)19-12-8(16)2-6(14)4-10(12)18;/h1-4,17-18H;/q;+1/p-1. The minimum absolute atomic E-state index is 0. The van der Waals surface area contributed by atoms with Crippen LogP contribution in [0.5, 0.6) is 11.5 Å². The van der Waals surface area contributed by atoms with Crippen LogP contribution in [0.2, 0.25) is 20.1 Å². The topological polar surface area (TPSA) is 43.3 Å². The Kier molecular flexibility index (Phi) is 7.16. The fourth-order valence-corrected chi connectivity index (χ4v) is 3.41. The number of phenols is 1. The number of rotatable bonds is 2. The van der Waals surface area contributed by atoms with Gasteiger partial charge in [-0.05, 0) is 18.2 Å². The first-order chi connectivity index (χ1) is 8.88. The Hall–Kier alpha value is 0.550. The number of phenolic OH excluding ortho intramolecular Hbond substituents is 1. The van der Waals surface area contributed by atoms with E-state index in [0.717, 1.165) is 11.8 Å². The van der Waals surface area contributed by atoms with E-state index in [1.54, 1.807) is 0 Å². The first-order valence-electron chi connectivity index (χ1n) is 4.90. The van der Waals surface area contributed by atoms with Gasteiger partial charge in [0.2, 0.25) is 0 Å². The molecule has 0 amide bonds. The molecule has 0 heterocycles. The molecule has 100 valence electrons. The van der Waals surface area contributed by atoms with Crippen LogP contribution in [0, 0.1) is 0 Å². The van der Waals surface area contributed by atoms with Gasteiger partial charge in [0.25, 0.3) is 0 Å². The molecule has 0 saturated carbocycles. The first kappa shape index (κ1) is 18.6. The van der Waals surface area contributed by atoms with Gasteiger partial charge < -0.3 is 10.2 Å². The minimum atomic E-state index is -0.340. The molecule has 0 saturated heterocycles. The molecule has 8 heteroatoms. The van der Waals surface area contributed by atoms with Crippen molar-refractivity contribution in [3.63, 3.8) is 0 Å².